The minimum atomic E-state index is 0.658. The monoisotopic (exact) mass is 751 g/mol. The van der Waals surface area contributed by atoms with Gasteiger partial charge in [-0.2, -0.15) is 0 Å². The molecule has 0 aliphatic carbocycles. The average Bonchev–Trinajstić information content (AvgIpc) is 3.94. The molecular weight excluding hydrogens is 719 g/mol. The molecule has 0 spiro atoms. The van der Waals surface area contributed by atoms with Crippen LogP contribution in [0.5, 0.6) is 0 Å². The van der Waals surface area contributed by atoms with Gasteiger partial charge in [0, 0.05) is 54.6 Å². The van der Waals surface area contributed by atoms with Crippen LogP contribution in [0.4, 0.5) is 0 Å². The molecule has 4 aromatic heterocycles. The van der Waals surface area contributed by atoms with Gasteiger partial charge in [0.2, 0.25) is 5.95 Å². The van der Waals surface area contributed by atoms with Gasteiger partial charge >= 0.3 is 0 Å². The Kier molecular flexibility index (Phi) is 6.66. The average molecular weight is 752 g/mol. The van der Waals surface area contributed by atoms with Crippen molar-refractivity contribution in [1.29, 1.82) is 0 Å². The Bertz CT molecular complexity index is 3850. The van der Waals surface area contributed by atoms with Crippen LogP contribution in [0.2, 0.25) is 0 Å². The topological polar surface area (TPSA) is 40.6 Å². The van der Waals surface area contributed by atoms with E-state index < -0.39 is 0 Å². The summed E-state index contributed by atoms with van der Waals surface area (Å²) >= 11 is 0. The number of fused-ring (bicyclic) bond motifs is 12. The third kappa shape index (κ3) is 4.61. The summed E-state index contributed by atoms with van der Waals surface area (Å²) < 4.78 is 7.02. The zero-order valence-electron chi connectivity index (χ0n) is 31.8. The van der Waals surface area contributed by atoms with Gasteiger partial charge in [0.05, 0.1) is 44.3 Å². The van der Waals surface area contributed by atoms with Crippen LogP contribution in [0.3, 0.4) is 0 Å². The summed E-state index contributed by atoms with van der Waals surface area (Å²) in [6.45, 7) is 0. The standard InChI is InChI=1S/C54H33N5/c1-2-15-36(16-3-1)57-46-23-11-8-19-40(46)44-33-37(28-31-50(44)57)58-47-24-12-7-18-39(47)43-32-35(27-29-49(43)58)53-41-20-6-10-22-45(41)55-54(56-53)59-48-25-13-9-21-42(48)52-38-17-5-4-14-34(38)26-30-51(52)59/h1-33H. The van der Waals surface area contributed by atoms with Gasteiger partial charge in [-0.05, 0) is 83.6 Å². The molecule has 13 aromatic rings. The maximum absolute atomic E-state index is 5.48. The van der Waals surface area contributed by atoms with E-state index in [0.29, 0.717) is 5.95 Å². The van der Waals surface area contributed by atoms with Crippen molar-refractivity contribution in [1.82, 2.24) is 23.7 Å². The molecule has 0 fully saturated rings. The third-order valence-electron chi connectivity index (χ3n) is 12.2. The summed E-state index contributed by atoms with van der Waals surface area (Å²) in [6.07, 6.45) is 0. The number of para-hydroxylation sites is 5. The highest BCUT2D eigenvalue weighted by atomic mass is 15.2. The molecule has 0 saturated heterocycles. The van der Waals surface area contributed by atoms with Crippen molar-refractivity contribution in [2.75, 3.05) is 0 Å². The second-order valence-corrected chi connectivity index (χ2v) is 15.4. The Morgan fingerprint density at radius 2 is 0.847 bits per heavy atom. The molecule has 0 aliphatic heterocycles. The second-order valence-electron chi connectivity index (χ2n) is 15.4. The molecule has 9 aromatic carbocycles. The molecule has 0 amide bonds. The molecular formula is C54H33N5. The molecule has 13 rings (SSSR count). The van der Waals surface area contributed by atoms with E-state index in [1.54, 1.807) is 0 Å². The van der Waals surface area contributed by atoms with Gasteiger partial charge in [0.25, 0.3) is 0 Å². The Morgan fingerprint density at radius 1 is 0.305 bits per heavy atom. The Labute approximate surface area is 338 Å². The van der Waals surface area contributed by atoms with Crippen LogP contribution >= 0.6 is 0 Å². The zero-order valence-corrected chi connectivity index (χ0v) is 31.8. The Morgan fingerprint density at radius 3 is 1.61 bits per heavy atom. The minimum Gasteiger partial charge on any atom is -0.309 e. The first kappa shape index (κ1) is 32.1. The van der Waals surface area contributed by atoms with Gasteiger partial charge in [-0.3, -0.25) is 4.57 Å². The van der Waals surface area contributed by atoms with Crippen LogP contribution < -0.4 is 0 Å². The van der Waals surface area contributed by atoms with Crippen molar-refractivity contribution in [3.8, 4) is 28.6 Å². The van der Waals surface area contributed by atoms with Crippen LogP contribution in [0.1, 0.15) is 0 Å². The highest BCUT2D eigenvalue weighted by molar-refractivity contribution is 6.21. The number of benzene rings is 9. The highest BCUT2D eigenvalue weighted by Crippen LogP contribution is 2.40. The van der Waals surface area contributed by atoms with Gasteiger partial charge in [-0.25, -0.2) is 9.97 Å². The summed E-state index contributed by atoms with van der Waals surface area (Å²) in [7, 11) is 0. The first-order valence-corrected chi connectivity index (χ1v) is 20.1. The predicted molar refractivity (Wildman–Crippen MR) is 245 cm³/mol. The zero-order chi connectivity index (χ0) is 38.6. The number of hydrogen-bond acceptors (Lipinski definition) is 2. The molecule has 0 unspecified atom stereocenters. The molecule has 0 aliphatic rings. The van der Waals surface area contributed by atoms with Gasteiger partial charge in [-0.1, -0.05) is 127 Å². The van der Waals surface area contributed by atoms with Crippen molar-refractivity contribution in [3.05, 3.63) is 200 Å². The summed E-state index contributed by atoms with van der Waals surface area (Å²) in [4.78, 5) is 10.7. The molecule has 0 atom stereocenters. The number of rotatable bonds is 4. The van der Waals surface area contributed by atoms with Crippen molar-refractivity contribution >= 4 is 87.1 Å². The molecule has 5 heteroatoms. The van der Waals surface area contributed by atoms with Gasteiger partial charge in [0.15, 0.2) is 0 Å². The lowest BCUT2D eigenvalue weighted by atomic mass is 10.0. The molecule has 0 saturated carbocycles. The van der Waals surface area contributed by atoms with Crippen molar-refractivity contribution in [3.63, 3.8) is 0 Å². The summed E-state index contributed by atoms with van der Waals surface area (Å²) in [5, 5.41) is 10.7. The maximum atomic E-state index is 5.48. The van der Waals surface area contributed by atoms with E-state index in [0.717, 1.165) is 55.6 Å². The highest BCUT2D eigenvalue weighted by Gasteiger charge is 2.21. The first-order valence-electron chi connectivity index (χ1n) is 20.1. The van der Waals surface area contributed by atoms with E-state index in [-0.39, 0.29) is 0 Å². The lowest BCUT2D eigenvalue weighted by Gasteiger charge is -2.13. The van der Waals surface area contributed by atoms with Gasteiger partial charge < -0.3 is 9.13 Å². The summed E-state index contributed by atoms with van der Waals surface area (Å²) in [5.41, 5.74) is 12.0. The number of nitrogens with zero attached hydrogens (tertiary/aromatic N) is 5. The SMILES string of the molecule is c1ccc(-n2c3ccccc3c3cc(-n4c5ccccc5c5cc(-c6nc(-n7c8ccccc8c8c9ccccc9ccc87)nc7ccccc67)ccc54)ccc32)cc1. The van der Waals surface area contributed by atoms with E-state index in [1.807, 2.05) is 0 Å². The van der Waals surface area contributed by atoms with Crippen LogP contribution in [0, 0.1) is 0 Å². The maximum Gasteiger partial charge on any atom is 0.235 e. The second kappa shape index (κ2) is 12.2. The fourth-order valence-electron chi connectivity index (χ4n) is 9.69. The molecule has 59 heavy (non-hydrogen) atoms. The predicted octanol–water partition coefficient (Wildman–Crippen LogP) is 13.7. The molecule has 5 nitrogen and oxygen atoms in total. The molecule has 0 radical (unpaired) electrons. The van der Waals surface area contributed by atoms with E-state index in [2.05, 4.69) is 214 Å². The van der Waals surface area contributed by atoms with E-state index >= 15 is 0 Å². The summed E-state index contributed by atoms with van der Waals surface area (Å²) in [6, 6.07) is 71.9. The largest absolute Gasteiger partial charge is 0.309 e. The fourth-order valence-corrected chi connectivity index (χ4v) is 9.69. The lowest BCUT2D eigenvalue weighted by Crippen LogP contribution is -2.03. The van der Waals surface area contributed by atoms with Gasteiger partial charge in [0.1, 0.15) is 0 Å². The first-order chi connectivity index (χ1) is 29.3. The van der Waals surface area contributed by atoms with Crippen LogP contribution in [0.25, 0.3) is 116 Å². The smallest absolute Gasteiger partial charge is 0.235 e. The number of hydrogen-bond donors (Lipinski definition) is 0. The van der Waals surface area contributed by atoms with Crippen molar-refractivity contribution in [2.45, 2.75) is 0 Å². The normalized spacial score (nSPS) is 12.1. The van der Waals surface area contributed by atoms with Crippen LogP contribution in [0.15, 0.2) is 200 Å². The lowest BCUT2D eigenvalue weighted by molar-refractivity contribution is 1.01. The minimum absolute atomic E-state index is 0.658. The van der Waals surface area contributed by atoms with E-state index in [9.17, 15) is 0 Å². The van der Waals surface area contributed by atoms with E-state index in [4.69, 9.17) is 9.97 Å². The quantitative estimate of drug-likeness (QED) is 0.180. The van der Waals surface area contributed by atoms with Gasteiger partial charge in [-0.15, -0.1) is 0 Å². The third-order valence-corrected chi connectivity index (χ3v) is 12.2. The van der Waals surface area contributed by atoms with E-state index in [1.165, 1.54) is 54.1 Å². The molecule has 0 N–H and O–H groups in total. The fraction of sp³-hybridized carbons (Fsp3) is 0. The molecule has 0 bridgehead atoms. The van der Waals surface area contributed by atoms with Crippen LogP contribution in [-0.4, -0.2) is 23.7 Å². The van der Waals surface area contributed by atoms with Crippen LogP contribution in [-0.2, 0) is 0 Å². The molecule has 274 valence electrons. The van der Waals surface area contributed by atoms with Crippen molar-refractivity contribution < 1.29 is 0 Å². The summed E-state index contributed by atoms with van der Waals surface area (Å²) in [5.74, 6) is 0.658. The van der Waals surface area contributed by atoms with Crippen molar-refractivity contribution in [2.24, 2.45) is 0 Å². The Balaban J connectivity index is 1.03. The molecule has 4 heterocycles. The Hall–Kier alpha value is -8.02. The number of aromatic nitrogens is 5.